The maximum Gasteiger partial charge on any atom is 0.416 e. The van der Waals surface area contributed by atoms with Crippen LogP contribution in [0.2, 0.25) is 0 Å². The minimum atomic E-state index is -4.39. The minimum absolute atomic E-state index is 0.00579. The van der Waals surface area contributed by atoms with E-state index in [4.69, 9.17) is 9.72 Å². The minimum Gasteiger partial charge on any atom is -0.493 e. The lowest BCUT2D eigenvalue weighted by Crippen LogP contribution is -2.43. The van der Waals surface area contributed by atoms with Gasteiger partial charge >= 0.3 is 6.18 Å². The third kappa shape index (κ3) is 6.06. The third-order valence-corrected chi connectivity index (χ3v) is 10.6. The quantitative estimate of drug-likeness (QED) is 0.266. The van der Waals surface area contributed by atoms with Gasteiger partial charge in [0, 0.05) is 59.7 Å². The average Bonchev–Trinajstić information content (AvgIpc) is 3.45. The van der Waals surface area contributed by atoms with Gasteiger partial charge < -0.3 is 9.72 Å². The second-order valence-electron chi connectivity index (χ2n) is 11.4. The maximum atomic E-state index is 13.4. The molecule has 11 heteroatoms. The molecule has 1 aromatic carbocycles. The highest BCUT2D eigenvalue weighted by Crippen LogP contribution is 2.40. The van der Waals surface area contributed by atoms with Gasteiger partial charge in [-0.3, -0.25) is 4.98 Å². The van der Waals surface area contributed by atoms with Crippen LogP contribution in [0.25, 0.3) is 21.8 Å². The van der Waals surface area contributed by atoms with E-state index < -0.39 is 21.8 Å². The molecule has 4 heterocycles. The zero-order chi connectivity index (χ0) is 28.6. The molecule has 1 saturated heterocycles. The number of aromatic nitrogens is 3. The molecule has 218 valence electrons. The molecule has 3 aromatic heterocycles. The molecule has 1 unspecified atom stereocenters. The smallest absolute Gasteiger partial charge is 0.416 e. The average molecular weight is 587 g/mol. The van der Waals surface area contributed by atoms with Crippen LogP contribution in [0.3, 0.4) is 0 Å². The van der Waals surface area contributed by atoms with Crippen LogP contribution >= 0.6 is 0 Å². The van der Waals surface area contributed by atoms with Crippen molar-refractivity contribution in [2.45, 2.75) is 50.6 Å². The number of pyridine rings is 2. The fourth-order valence-corrected chi connectivity index (χ4v) is 8.37. The number of nitrogens with zero attached hydrogens (tertiary/aromatic N) is 3. The zero-order valence-electron chi connectivity index (χ0n) is 22.6. The van der Waals surface area contributed by atoms with Crippen LogP contribution in [0.1, 0.15) is 55.7 Å². The number of sulfonamides is 1. The molecule has 1 N–H and O–H groups in total. The number of H-pyrrole nitrogens is 1. The monoisotopic (exact) mass is 586 g/mol. The summed E-state index contributed by atoms with van der Waals surface area (Å²) >= 11 is 0. The first kappa shape index (κ1) is 28.0. The summed E-state index contributed by atoms with van der Waals surface area (Å²) in [6, 6.07) is 8.63. The maximum absolute atomic E-state index is 13.4. The number of hydrogen-bond acceptors (Lipinski definition) is 5. The van der Waals surface area contributed by atoms with Gasteiger partial charge in [0.05, 0.1) is 23.6 Å². The standard InChI is InChI=1S/C30H33F3N4O3S/c31-30(32,33)24-7-9-25(10-8-24)40-18-21-2-1-15-37(17-21)41(38,39)19-20-3-5-22(6-4-20)28-27-23(11-13-34-28)16-36-29-26(27)12-14-35-29/h7-14,16,20-22H,1-6,15,17-19H2,(H,35,36). The van der Waals surface area contributed by atoms with Crippen molar-refractivity contribution in [2.24, 2.45) is 11.8 Å². The Labute approximate surface area is 237 Å². The van der Waals surface area contributed by atoms with Crippen molar-refractivity contribution in [1.82, 2.24) is 19.3 Å². The van der Waals surface area contributed by atoms with Crippen LogP contribution < -0.4 is 4.74 Å². The number of halogens is 3. The van der Waals surface area contributed by atoms with E-state index in [2.05, 4.69) is 9.97 Å². The Morgan fingerprint density at radius 3 is 2.51 bits per heavy atom. The number of benzene rings is 1. The van der Waals surface area contributed by atoms with Crippen molar-refractivity contribution in [1.29, 1.82) is 0 Å². The van der Waals surface area contributed by atoms with Crippen LogP contribution in [0.5, 0.6) is 5.75 Å². The van der Waals surface area contributed by atoms with Crippen molar-refractivity contribution in [3.8, 4) is 5.75 Å². The predicted octanol–water partition coefficient (Wildman–Crippen LogP) is 6.52. The molecule has 4 aromatic rings. The van der Waals surface area contributed by atoms with Gasteiger partial charge in [0.2, 0.25) is 10.0 Å². The van der Waals surface area contributed by atoms with Crippen LogP contribution in [0.15, 0.2) is 55.0 Å². The Morgan fingerprint density at radius 2 is 1.76 bits per heavy atom. The second-order valence-corrected chi connectivity index (χ2v) is 13.4. The van der Waals surface area contributed by atoms with Gasteiger partial charge in [0.1, 0.15) is 11.4 Å². The molecule has 2 fully saturated rings. The van der Waals surface area contributed by atoms with Crippen molar-refractivity contribution in [3.05, 3.63) is 66.2 Å². The molecule has 1 atom stereocenters. The van der Waals surface area contributed by atoms with E-state index in [0.29, 0.717) is 18.8 Å². The van der Waals surface area contributed by atoms with Gasteiger partial charge in [-0.15, -0.1) is 0 Å². The molecule has 0 spiro atoms. The van der Waals surface area contributed by atoms with Crippen LogP contribution in [-0.2, 0) is 16.2 Å². The van der Waals surface area contributed by atoms with E-state index >= 15 is 0 Å². The molecule has 0 bridgehead atoms. The first-order valence-corrected chi connectivity index (χ1v) is 15.8. The second kappa shape index (κ2) is 11.2. The SMILES string of the molecule is O=S(=O)(CC1CCC(c2nccc3cnc4[nH]ccc4c23)CC1)N1CCCC(COc2ccc(C(F)(F)F)cc2)C1. The molecule has 7 nitrogen and oxygen atoms in total. The molecule has 0 amide bonds. The van der Waals surface area contributed by atoms with Gasteiger partial charge in [-0.25, -0.2) is 17.7 Å². The largest absolute Gasteiger partial charge is 0.493 e. The van der Waals surface area contributed by atoms with E-state index in [-0.39, 0.29) is 30.1 Å². The Hall–Kier alpha value is -3.18. The van der Waals surface area contributed by atoms with E-state index in [1.807, 2.05) is 30.7 Å². The fraction of sp³-hybridized carbons (Fsp3) is 0.467. The summed E-state index contributed by atoms with van der Waals surface area (Å²) in [5, 5.41) is 3.26. The van der Waals surface area contributed by atoms with E-state index in [1.165, 1.54) is 12.1 Å². The van der Waals surface area contributed by atoms with Crippen molar-refractivity contribution in [2.75, 3.05) is 25.4 Å². The summed E-state index contributed by atoms with van der Waals surface area (Å²) in [5.74, 6) is 0.864. The molecular weight excluding hydrogens is 553 g/mol. The van der Waals surface area contributed by atoms with Crippen LogP contribution in [0.4, 0.5) is 13.2 Å². The van der Waals surface area contributed by atoms with Crippen LogP contribution in [-0.4, -0.2) is 53.1 Å². The summed E-state index contributed by atoms with van der Waals surface area (Å²) in [7, 11) is -3.43. The summed E-state index contributed by atoms with van der Waals surface area (Å²) in [5.41, 5.74) is 1.19. The lowest BCUT2D eigenvalue weighted by molar-refractivity contribution is -0.137. The molecular formula is C30H33F3N4O3S. The topological polar surface area (TPSA) is 88.2 Å². The zero-order valence-corrected chi connectivity index (χ0v) is 23.4. The summed E-state index contributed by atoms with van der Waals surface area (Å²) < 4.78 is 72.5. The summed E-state index contributed by atoms with van der Waals surface area (Å²) in [4.78, 5) is 12.4. The number of hydrogen-bond donors (Lipinski definition) is 1. The van der Waals surface area contributed by atoms with Crippen molar-refractivity contribution < 1.29 is 26.3 Å². The Kier molecular flexibility index (Phi) is 7.67. The first-order chi connectivity index (χ1) is 19.7. The molecule has 1 aliphatic carbocycles. The number of piperidine rings is 1. The molecule has 2 aliphatic rings. The van der Waals surface area contributed by atoms with E-state index in [9.17, 15) is 21.6 Å². The number of nitrogens with one attached hydrogen (secondary N) is 1. The van der Waals surface area contributed by atoms with Crippen LogP contribution in [0, 0.1) is 11.8 Å². The number of fused-ring (bicyclic) bond motifs is 3. The Morgan fingerprint density at radius 1 is 0.976 bits per heavy atom. The third-order valence-electron chi connectivity index (χ3n) is 8.56. The van der Waals surface area contributed by atoms with Gasteiger partial charge in [-0.05, 0) is 80.8 Å². The van der Waals surface area contributed by atoms with E-state index in [1.54, 1.807) is 4.31 Å². The number of aromatic amines is 1. The van der Waals surface area contributed by atoms with Gasteiger partial charge in [0.15, 0.2) is 0 Å². The number of rotatable bonds is 7. The predicted molar refractivity (Wildman–Crippen MR) is 151 cm³/mol. The summed E-state index contributed by atoms with van der Waals surface area (Å²) in [6.45, 7) is 1.14. The van der Waals surface area contributed by atoms with Crippen molar-refractivity contribution >= 4 is 31.8 Å². The van der Waals surface area contributed by atoms with Gasteiger partial charge in [-0.2, -0.15) is 13.2 Å². The van der Waals surface area contributed by atoms with E-state index in [0.717, 1.165) is 78.2 Å². The summed E-state index contributed by atoms with van der Waals surface area (Å²) in [6.07, 6.45) is 6.21. The molecule has 1 aliphatic heterocycles. The normalized spacial score (nSPS) is 22.8. The Balaban J connectivity index is 1.04. The first-order valence-electron chi connectivity index (χ1n) is 14.2. The molecule has 1 saturated carbocycles. The highest BCUT2D eigenvalue weighted by atomic mass is 32.2. The molecule has 41 heavy (non-hydrogen) atoms. The molecule has 0 radical (unpaired) electrons. The Bertz CT molecular complexity index is 1610. The lowest BCUT2D eigenvalue weighted by atomic mass is 9.80. The van der Waals surface area contributed by atoms with Crippen molar-refractivity contribution in [3.63, 3.8) is 0 Å². The molecule has 6 rings (SSSR count). The number of ether oxygens (including phenoxy) is 1. The fourth-order valence-electron chi connectivity index (χ4n) is 6.38. The highest BCUT2D eigenvalue weighted by molar-refractivity contribution is 7.89. The number of alkyl halides is 3. The van der Waals surface area contributed by atoms with Gasteiger partial charge in [0.25, 0.3) is 0 Å². The van der Waals surface area contributed by atoms with Gasteiger partial charge in [-0.1, -0.05) is 0 Å². The lowest BCUT2D eigenvalue weighted by Gasteiger charge is -2.34. The highest BCUT2D eigenvalue weighted by Gasteiger charge is 2.34.